The van der Waals surface area contributed by atoms with E-state index in [1.54, 1.807) is 30.3 Å². The summed E-state index contributed by atoms with van der Waals surface area (Å²) < 4.78 is 45.9. The Morgan fingerprint density at radius 1 is 1.13 bits per heavy atom. The molecule has 0 unspecified atom stereocenters. The third-order valence-corrected chi connectivity index (χ3v) is 5.09. The molecule has 10 heteroatoms. The van der Waals surface area contributed by atoms with Gasteiger partial charge in [-0.15, -0.1) is 0 Å². The number of nitrogens with two attached hydrogens (primary N) is 1. The van der Waals surface area contributed by atoms with Crippen LogP contribution in [0, 0.1) is 5.82 Å². The summed E-state index contributed by atoms with van der Waals surface area (Å²) in [6, 6.07) is 13.6. The predicted octanol–water partition coefficient (Wildman–Crippen LogP) is 2.00. The number of hydrogen-bond acceptors (Lipinski definition) is 6. The van der Waals surface area contributed by atoms with Gasteiger partial charge in [-0.1, -0.05) is 17.3 Å². The normalized spacial score (nSPS) is 11.4. The van der Waals surface area contributed by atoms with E-state index < -0.39 is 10.0 Å². The smallest absolute Gasteiger partial charge is 0.246 e. The highest BCUT2D eigenvalue weighted by molar-refractivity contribution is 7.89. The number of carbonyl (C=O) groups excluding carboxylic acids is 1. The molecule has 3 aromatic rings. The molecule has 0 radical (unpaired) electrons. The van der Waals surface area contributed by atoms with Gasteiger partial charge in [0.05, 0.1) is 11.5 Å². The maximum atomic E-state index is 13.0. The summed E-state index contributed by atoms with van der Waals surface area (Å²) in [6.07, 6.45) is 0.529. The molecule has 0 aliphatic heterocycles. The third kappa shape index (κ3) is 6.21. The van der Waals surface area contributed by atoms with Gasteiger partial charge < -0.3 is 14.6 Å². The summed E-state index contributed by atoms with van der Waals surface area (Å²) in [4.78, 5) is 11.9. The number of primary sulfonamides is 1. The molecule has 2 aromatic carbocycles. The molecule has 3 N–H and O–H groups in total. The highest BCUT2D eigenvalue weighted by Crippen LogP contribution is 2.20. The largest absolute Gasteiger partial charge is 0.365 e. The Labute approximate surface area is 172 Å². The number of hydrogen-bond donors (Lipinski definition) is 2. The monoisotopic (exact) mass is 433 g/mol. The van der Waals surface area contributed by atoms with Crippen LogP contribution < -0.4 is 10.5 Å². The molecule has 0 aliphatic rings. The number of rotatable bonds is 9. The molecule has 1 aromatic heterocycles. The van der Waals surface area contributed by atoms with Crippen LogP contribution in [0.15, 0.2) is 64.0 Å². The van der Waals surface area contributed by atoms with Crippen molar-refractivity contribution in [2.75, 3.05) is 13.2 Å². The quantitative estimate of drug-likeness (QED) is 0.532. The number of carbonyl (C=O) groups is 1. The van der Waals surface area contributed by atoms with Crippen LogP contribution in [0.25, 0.3) is 11.3 Å². The van der Waals surface area contributed by atoms with E-state index in [4.69, 9.17) is 14.4 Å². The zero-order valence-corrected chi connectivity index (χ0v) is 16.7. The van der Waals surface area contributed by atoms with Gasteiger partial charge in [-0.05, 0) is 48.4 Å². The van der Waals surface area contributed by atoms with Gasteiger partial charge in [0.2, 0.25) is 15.9 Å². The molecule has 0 atom stereocenters. The maximum absolute atomic E-state index is 13.0. The van der Waals surface area contributed by atoms with Gasteiger partial charge in [-0.3, -0.25) is 4.79 Å². The molecule has 0 saturated heterocycles. The van der Waals surface area contributed by atoms with Gasteiger partial charge >= 0.3 is 0 Å². The second-order valence-corrected chi connectivity index (χ2v) is 8.03. The van der Waals surface area contributed by atoms with E-state index in [0.29, 0.717) is 30.0 Å². The Balaban J connectivity index is 1.38. The Morgan fingerprint density at radius 3 is 2.50 bits per heavy atom. The molecular formula is C20H20FN3O5S. The van der Waals surface area contributed by atoms with Gasteiger partial charge in [0, 0.05) is 18.2 Å². The fourth-order valence-electron chi connectivity index (χ4n) is 2.62. The van der Waals surface area contributed by atoms with Crippen molar-refractivity contribution in [1.29, 1.82) is 0 Å². The van der Waals surface area contributed by atoms with Crippen molar-refractivity contribution in [1.82, 2.24) is 10.5 Å². The summed E-state index contributed by atoms with van der Waals surface area (Å²) in [6.45, 7) is 0.311. The van der Waals surface area contributed by atoms with Gasteiger partial charge in [-0.25, -0.2) is 17.9 Å². The molecule has 3 rings (SSSR count). The SMILES string of the molecule is NS(=O)(=O)c1ccc(CCNC(=O)COCc2cc(-c3ccc(F)cc3)on2)cc1. The molecule has 0 fully saturated rings. The molecule has 158 valence electrons. The fraction of sp³-hybridized carbons (Fsp3) is 0.200. The van der Waals surface area contributed by atoms with E-state index in [-0.39, 0.29) is 29.8 Å². The number of nitrogens with zero attached hydrogens (tertiary/aromatic N) is 1. The van der Waals surface area contributed by atoms with Crippen LogP contribution in [0.2, 0.25) is 0 Å². The second kappa shape index (κ2) is 9.61. The molecule has 0 aliphatic carbocycles. The van der Waals surface area contributed by atoms with Crippen molar-refractivity contribution in [3.63, 3.8) is 0 Å². The van der Waals surface area contributed by atoms with Crippen molar-refractivity contribution >= 4 is 15.9 Å². The van der Waals surface area contributed by atoms with Gasteiger partial charge in [-0.2, -0.15) is 0 Å². The van der Waals surface area contributed by atoms with E-state index in [1.165, 1.54) is 24.3 Å². The minimum absolute atomic E-state index is 0.0409. The molecule has 0 spiro atoms. The zero-order valence-electron chi connectivity index (χ0n) is 15.9. The lowest BCUT2D eigenvalue weighted by molar-refractivity contribution is -0.126. The highest BCUT2D eigenvalue weighted by Gasteiger charge is 2.09. The minimum Gasteiger partial charge on any atom is -0.365 e. The van der Waals surface area contributed by atoms with Crippen LogP contribution in [-0.4, -0.2) is 32.6 Å². The Hall–Kier alpha value is -3.08. The van der Waals surface area contributed by atoms with Crippen molar-refractivity contribution in [3.05, 3.63) is 71.7 Å². The molecule has 0 saturated carbocycles. The molecule has 0 bridgehead atoms. The van der Waals surface area contributed by atoms with Gasteiger partial charge in [0.25, 0.3) is 0 Å². The van der Waals surface area contributed by atoms with Crippen molar-refractivity contribution in [2.45, 2.75) is 17.9 Å². The standard InChI is InChI=1S/C20H20FN3O5S/c21-16-5-3-15(4-6-16)19-11-17(24-29-19)12-28-13-20(25)23-10-9-14-1-7-18(8-2-14)30(22,26)27/h1-8,11H,9-10,12-13H2,(H,23,25)(H2,22,26,27). The van der Waals surface area contributed by atoms with Crippen LogP contribution in [0.1, 0.15) is 11.3 Å². The Kier molecular flexibility index (Phi) is 6.93. The summed E-state index contributed by atoms with van der Waals surface area (Å²) in [5.74, 6) is -0.154. The number of nitrogens with one attached hydrogen (secondary N) is 1. The summed E-state index contributed by atoms with van der Waals surface area (Å²) in [5, 5.41) is 11.6. The van der Waals surface area contributed by atoms with Crippen LogP contribution >= 0.6 is 0 Å². The first-order valence-electron chi connectivity index (χ1n) is 8.99. The van der Waals surface area contributed by atoms with Crippen molar-refractivity contribution < 1.29 is 26.9 Å². The Bertz CT molecular complexity index is 1100. The topological polar surface area (TPSA) is 125 Å². The van der Waals surface area contributed by atoms with E-state index in [9.17, 15) is 17.6 Å². The molecule has 1 heterocycles. The van der Waals surface area contributed by atoms with Gasteiger partial charge in [0.1, 0.15) is 18.1 Å². The van der Waals surface area contributed by atoms with E-state index in [1.807, 2.05) is 0 Å². The van der Waals surface area contributed by atoms with Crippen molar-refractivity contribution in [3.8, 4) is 11.3 Å². The summed E-state index contributed by atoms with van der Waals surface area (Å²) in [7, 11) is -3.72. The average Bonchev–Trinajstić information content (AvgIpc) is 3.17. The number of benzene rings is 2. The predicted molar refractivity (Wildman–Crippen MR) is 106 cm³/mol. The molecule has 30 heavy (non-hydrogen) atoms. The van der Waals surface area contributed by atoms with E-state index >= 15 is 0 Å². The van der Waals surface area contributed by atoms with Crippen LogP contribution in [0.3, 0.4) is 0 Å². The zero-order chi connectivity index (χ0) is 21.6. The number of amides is 1. The number of ether oxygens (including phenoxy) is 1. The minimum atomic E-state index is -3.72. The van der Waals surface area contributed by atoms with Crippen molar-refractivity contribution in [2.24, 2.45) is 5.14 Å². The first-order valence-corrected chi connectivity index (χ1v) is 10.5. The lowest BCUT2D eigenvalue weighted by atomic mass is 10.1. The molecule has 8 nitrogen and oxygen atoms in total. The van der Waals surface area contributed by atoms with E-state index in [2.05, 4.69) is 10.5 Å². The van der Waals surface area contributed by atoms with Crippen LogP contribution in [0.5, 0.6) is 0 Å². The third-order valence-electron chi connectivity index (χ3n) is 4.16. The first-order chi connectivity index (χ1) is 14.3. The Morgan fingerprint density at radius 2 is 1.83 bits per heavy atom. The molecule has 1 amide bonds. The first kappa shape index (κ1) is 21.6. The summed E-state index contributed by atoms with van der Waals surface area (Å²) >= 11 is 0. The van der Waals surface area contributed by atoms with Crippen LogP contribution in [0.4, 0.5) is 4.39 Å². The fourth-order valence-corrected chi connectivity index (χ4v) is 3.14. The van der Waals surface area contributed by atoms with Gasteiger partial charge in [0.15, 0.2) is 5.76 Å². The molecular weight excluding hydrogens is 413 g/mol. The number of halogens is 1. The second-order valence-electron chi connectivity index (χ2n) is 6.47. The average molecular weight is 433 g/mol. The van der Waals surface area contributed by atoms with Crippen LogP contribution in [-0.2, 0) is 32.6 Å². The highest BCUT2D eigenvalue weighted by atomic mass is 32.2. The number of aromatic nitrogens is 1. The lowest BCUT2D eigenvalue weighted by Crippen LogP contribution is -2.29. The lowest BCUT2D eigenvalue weighted by Gasteiger charge is -2.06. The maximum Gasteiger partial charge on any atom is 0.246 e. The summed E-state index contributed by atoms with van der Waals surface area (Å²) in [5.41, 5.74) is 2.06. The van der Waals surface area contributed by atoms with E-state index in [0.717, 1.165) is 5.56 Å². The number of sulfonamides is 1.